The van der Waals surface area contributed by atoms with Crippen molar-refractivity contribution >= 4 is 36.1 Å². The summed E-state index contributed by atoms with van der Waals surface area (Å²) in [6.07, 6.45) is 0. The number of phenolic OH excluding ortho intramolecular Hbond substituents is 1. The van der Waals surface area contributed by atoms with E-state index in [-0.39, 0.29) is 40.7 Å². The van der Waals surface area contributed by atoms with Gasteiger partial charge in [-0.2, -0.15) is 0 Å². The molecule has 5 N–H and O–H groups in total. The van der Waals surface area contributed by atoms with Crippen molar-refractivity contribution in [2.75, 3.05) is 7.05 Å². The molecule has 0 saturated heterocycles. The topological polar surface area (TPSA) is 118 Å². The summed E-state index contributed by atoms with van der Waals surface area (Å²) in [6.45, 7) is 8.43. The summed E-state index contributed by atoms with van der Waals surface area (Å²) in [5, 5.41) is 10.9. The van der Waals surface area contributed by atoms with Crippen molar-refractivity contribution in [1.82, 2.24) is 9.62 Å². The normalized spacial score (nSPS) is 13.1. The highest BCUT2D eigenvalue weighted by molar-refractivity contribution is 7.78. The number of phenols is 1. The zero-order valence-corrected chi connectivity index (χ0v) is 22.1. The Kier molecular flexibility index (Phi) is 8.82. The minimum absolute atomic E-state index is 0.0631. The third-order valence-corrected chi connectivity index (χ3v) is 6.14. The van der Waals surface area contributed by atoms with E-state index in [4.69, 9.17) is 10.2 Å². The molecule has 0 radical (unpaired) electrons. The van der Waals surface area contributed by atoms with Crippen molar-refractivity contribution < 1.29 is 19.3 Å². The molecule has 2 aromatic carbocycles. The number of furan rings is 1. The van der Waals surface area contributed by atoms with Crippen molar-refractivity contribution in [3.05, 3.63) is 82.8 Å². The monoisotopic (exact) mass is 508 g/mol. The molecule has 3 rings (SSSR count). The third-order valence-electron chi connectivity index (χ3n) is 5.92. The van der Waals surface area contributed by atoms with Crippen molar-refractivity contribution in [2.24, 2.45) is 16.6 Å². The summed E-state index contributed by atoms with van der Waals surface area (Å²) in [5.74, 6) is 1.61. The number of nitrogens with two attached hydrogens (primary N) is 1. The van der Waals surface area contributed by atoms with Crippen LogP contribution in [0.25, 0.3) is 0 Å². The van der Waals surface area contributed by atoms with E-state index in [9.17, 15) is 9.90 Å². The molecule has 1 heterocycles. The van der Waals surface area contributed by atoms with E-state index in [1.807, 2.05) is 50.2 Å². The van der Waals surface area contributed by atoms with Gasteiger partial charge in [0.1, 0.15) is 17.2 Å². The first kappa shape index (κ1) is 26.9. The molecule has 0 aliphatic carbocycles. The van der Waals surface area contributed by atoms with E-state index in [0.29, 0.717) is 12.4 Å². The zero-order valence-electron chi connectivity index (χ0n) is 21.2. The van der Waals surface area contributed by atoms with Gasteiger partial charge in [0, 0.05) is 32.3 Å². The molecular formula is C27H34N5O3S+. The van der Waals surface area contributed by atoms with Crippen LogP contribution < -0.4 is 15.4 Å². The first-order valence-electron chi connectivity index (χ1n) is 11.7. The van der Waals surface area contributed by atoms with Crippen molar-refractivity contribution in [2.45, 2.75) is 40.3 Å². The van der Waals surface area contributed by atoms with E-state index in [1.165, 1.54) is 4.90 Å². The van der Waals surface area contributed by atoms with E-state index in [0.717, 1.165) is 22.6 Å². The maximum Gasteiger partial charge on any atom is 0.322 e. The molecule has 0 saturated carbocycles. The van der Waals surface area contributed by atoms with Crippen LogP contribution >= 0.6 is 12.8 Å². The summed E-state index contributed by atoms with van der Waals surface area (Å²) >= 11 is 4.19. The zero-order chi connectivity index (χ0) is 26.4. The van der Waals surface area contributed by atoms with E-state index >= 15 is 0 Å². The molecule has 3 aromatic rings. The Morgan fingerprint density at radius 1 is 1.19 bits per heavy atom. The molecule has 8 nitrogen and oxygen atoms in total. The predicted octanol–water partition coefficient (Wildman–Crippen LogP) is 3.17. The number of aromatic hydroxyl groups is 1. The number of amidine groups is 2. The Balaban J connectivity index is 1.89. The van der Waals surface area contributed by atoms with Crippen LogP contribution in [0.1, 0.15) is 52.9 Å². The highest BCUT2D eigenvalue weighted by Crippen LogP contribution is 2.31. The number of nitrogens with one attached hydrogen (secondary N) is 2. The molecule has 0 unspecified atom stereocenters. The quantitative estimate of drug-likeness (QED) is 0.191. The number of benzene rings is 2. The van der Waals surface area contributed by atoms with Crippen LogP contribution in [0.3, 0.4) is 0 Å². The second-order valence-electron chi connectivity index (χ2n) is 9.06. The lowest BCUT2D eigenvalue weighted by Crippen LogP contribution is -2.80. The number of aryl methyl sites for hydroxylation is 2. The number of thiol groups is 1. The second-order valence-corrected chi connectivity index (χ2v) is 9.28. The number of hydrogen-bond acceptors (Lipinski definition) is 5. The van der Waals surface area contributed by atoms with Gasteiger partial charge in [0.15, 0.2) is 11.8 Å². The standard InChI is InChI=1S/C27H33N5O3S/c1-16(2)23(22-14-17(3)18(4)35-22)30-26(31-36)25(28)29-21-13-9-12-20(24(21)33)27(34)32(5)15-19-10-7-6-8-11-19/h6-14,16,23,33,36H,15H2,1-5H3,(H2,28,29)(H,30,31)/p+1/t23-/m1/s1. The van der Waals surface area contributed by atoms with Crippen LogP contribution in [0.5, 0.6) is 5.75 Å². The van der Waals surface area contributed by atoms with Gasteiger partial charge in [-0.3, -0.25) is 9.79 Å². The number of amides is 1. The number of nitrogens with zero attached hydrogens (tertiary/aromatic N) is 2. The number of aliphatic imine (C=N–C) groups is 1. The van der Waals surface area contributed by atoms with Gasteiger partial charge in [0.05, 0.1) is 5.56 Å². The van der Waals surface area contributed by atoms with Gasteiger partial charge in [0.25, 0.3) is 5.91 Å². The smallest absolute Gasteiger partial charge is 0.322 e. The van der Waals surface area contributed by atoms with Crippen LogP contribution in [0.2, 0.25) is 0 Å². The summed E-state index contributed by atoms with van der Waals surface area (Å²) < 4.78 is 8.66. The highest BCUT2D eigenvalue weighted by Gasteiger charge is 2.25. The van der Waals surface area contributed by atoms with Gasteiger partial charge >= 0.3 is 5.84 Å². The van der Waals surface area contributed by atoms with E-state index in [2.05, 4.69) is 41.4 Å². The average molecular weight is 509 g/mol. The van der Waals surface area contributed by atoms with E-state index < -0.39 is 0 Å². The Morgan fingerprint density at radius 3 is 2.47 bits per heavy atom. The minimum Gasteiger partial charge on any atom is -0.505 e. The molecule has 190 valence electrons. The molecule has 36 heavy (non-hydrogen) atoms. The average Bonchev–Trinajstić information content (AvgIpc) is 3.18. The Hall–Kier alpha value is -3.72. The van der Waals surface area contributed by atoms with Gasteiger partial charge in [-0.15, -0.1) is 0 Å². The number of rotatable bonds is 7. The Labute approximate surface area is 217 Å². The molecular weight excluding hydrogens is 474 g/mol. The number of carbonyl (C=O) groups is 1. The largest absolute Gasteiger partial charge is 0.505 e. The van der Waals surface area contributed by atoms with Gasteiger partial charge < -0.3 is 20.2 Å². The number of para-hydroxylation sites is 1. The fraction of sp³-hybridized carbons (Fsp3) is 0.296. The van der Waals surface area contributed by atoms with Crippen LogP contribution in [0.4, 0.5) is 5.69 Å². The molecule has 0 spiro atoms. The third kappa shape index (κ3) is 6.28. The second kappa shape index (κ2) is 11.8. The Bertz CT molecular complexity index is 1250. The highest BCUT2D eigenvalue weighted by atomic mass is 32.1. The van der Waals surface area contributed by atoms with Crippen LogP contribution in [-0.4, -0.2) is 34.6 Å². The first-order valence-corrected chi connectivity index (χ1v) is 12.1. The SMILES string of the molecule is Cc1cc([C@H]([NH+]=C(NS)C(N)=Nc2cccc(C(=O)N(C)Cc3ccccc3)c2O)C(C)C)oc1C. The molecule has 0 aliphatic heterocycles. The van der Waals surface area contributed by atoms with Gasteiger partial charge in [-0.25, -0.2) is 9.71 Å². The molecule has 0 bridgehead atoms. The van der Waals surface area contributed by atoms with Crippen molar-refractivity contribution in [3.63, 3.8) is 0 Å². The van der Waals surface area contributed by atoms with Gasteiger partial charge in [-0.05, 0) is 43.2 Å². The van der Waals surface area contributed by atoms with Crippen LogP contribution in [0, 0.1) is 19.8 Å². The predicted molar refractivity (Wildman–Crippen MR) is 145 cm³/mol. The lowest BCUT2D eigenvalue weighted by atomic mass is 10.0. The van der Waals surface area contributed by atoms with Crippen molar-refractivity contribution in [1.29, 1.82) is 0 Å². The lowest BCUT2D eigenvalue weighted by molar-refractivity contribution is -0.522. The summed E-state index contributed by atoms with van der Waals surface area (Å²) in [5.41, 5.74) is 8.63. The fourth-order valence-corrected chi connectivity index (χ4v) is 3.93. The van der Waals surface area contributed by atoms with Gasteiger partial charge in [0.2, 0.25) is 5.84 Å². The number of carbonyl (C=O) groups excluding carboxylic acids is 1. The Morgan fingerprint density at radius 2 is 1.89 bits per heavy atom. The fourth-order valence-electron chi connectivity index (χ4n) is 3.75. The van der Waals surface area contributed by atoms with Gasteiger partial charge in [-0.1, -0.05) is 50.2 Å². The molecule has 1 aromatic heterocycles. The van der Waals surface area contributed by atoms with Crippen LogP contribution in [-0.2, 0) is 6.54 Å². The summed E-state index contributed by atoms with van der Waals surface area (Å²) in [6, 6.07) is 16.2. The molecule has 0 aliphatic rings. The maximum absolute atomic E-state index is 13.0. The molecule has 1 amide bonds. The first-order chi connectivity index (χ1) is 17.1. The maximum atomic E-state index is 13.0. The summed E-state index contributed by atoms with van der Waals surface area (Å²) in [4.78, 5) is 22.3. The van der Waals surface area contributed by atoms with Crippen molar-refractivity contribution in [3.8, 4) is 5.75 Å². The summed E-state index contributed by atoms with van der Waals surface area (Å²) in [7, 11) is 1.68. The minimum atomic E-state index is -0.329. The lowest BCUT2D eigenvalue weighted by Gasteiger charge is -2.18. The molecule has 1 atom stereocenters. The van der Waals surface area contributed by atoms with Crippen LogP contribution in [0.15, 0.2) is 64.0 Å². The number of hydrogen-bond donors (Lipinski definition) is 5. The van der Waals surface area contributed by atoms with E-state index in [1.54, 1.807) is 25.2 Å². The molecule has 9 heteroatoms. The molecule has 0 fully saturated rings.